The summed E-state index contributed by atoms with van der Waals surface area (Å²) in [5.41, 5.74) is 6.14. The fourth-order valence-corrected chi connectivity index (χ4v) is 2.18. The predicted molar refractivity (Wildman–Crippen MR) is 83.5 cm³/mol. The van der Waals surface area contributed by atoms with Gasteiger partial charge in [0.25, 0.3) is 11.8 Å². The van der Waals surface area contributed by atoms with Crippen molar-refractivity contribution < 1.29 is 18.7 Å². The summed E-state index contributed by atoms with van der Waals surface area (Å²) in [6.07, 6.45) is 1.50. The standard InChI is InChI=1S/C16H13N3O4/c1-22-9-5-6-10-12(8-9)23-14(15(17)20)13(10)19-16(21)11-4-2-3-7-18-11/h2-8H,1H3,(H2,17,20)(H,19,21). The first kappa shape index (κ1) is 14.6. The Balaban J connectivity index is 2.06. The van der Waals surface area contributed by atoms with Gasteiger partial charge in [-0.15, -0.1) is 0 Å². The van der Waals surface area contributed by atoms with E-state index in [1.807, 2.05) is 0 Å². The lowest BCUT2D eigenvalue weighted by Crippen LogP contribution is -2.17. The number of aromatic nitrogens is 1. The zero-order valence-electron chi connectivity index (χ0n) is 12.2. The van der Waals surface area contributed by atoms with Gasteiger partial charge in [0.2, 0.25) is 5.76 Å². The molecule has 2 heterocycles. The highest BCUT2D eigenvalue weighted by Gasteiger charge is 2.21. The number of anilines is 1. The number of furan rings is 1. The van der Waals surface area contributed by atoms with Crippen molar-refractivity contribution in [3.63, 3.8) is 0 Å². The van der Waals surface area contributed by atoms with Crippen molar-refractivity contribution in [2.24, 2.45) is 5.73 Å². The van der Waals surface area contributed by atoms with Crippen molar-refractivity contribution in [3.8, 4) is 5.75 Å². The summed E-state index contributed by atoms with van der Waals surface area (Å²) < 4.78 is 10.6. The van der Waals surface area contributed by atoms with Crippen molar-refractivity contribution in [3.05, 3.63) is 54.0 Å². The van der Waals surface area contributed by atoms with Crippen LogP contribution in [-0.2, 0) is 0 Å². The lowest BCUT2D eigenvalue weighted by molar-refractivity contribution is 0.0977. The number of nitrogens with one attached hydrogen (secondary N) is 1. The second kappa shape index (κ2) is 5.80. The molecule has 0 saturated heterocycles. The van der Waals surface area contributed by atoms with E-state index in [2.05, 4.69) is 10.3 Å². The molecular formula is C16H13N3O4. The summed E-state index contributed by atoms with van der Waals surface area (Å²) in [4.78, 5) is 27.8. The minimum atomic E-state index is -0.781. The quantitative estimate of drug-likeness (QED) is 0.768. The molecule has 7 heteroatoms. The highest BCUT2D eigenvalue weighted by molar-refractivity contribution is 6.13. The molecule has 116 valence electrons. The zero-order valence-corrected chi connectivity index (χ0v) is 12.2. The number of methoxy groups -OCH3 is 1. The fraction of sp³-hybridized carbons (Fsp3) is 0.0625. The number of hydrogen-bond acceptors (Lipinski definition) is 5. The molecule has 0 radical (unpaired) electrons. The predicted octanol–water partition coefficient (Wildman–Crippen LogP) is 2.19. The van der Waals surface area contributed by atoms with Gasteiger partial charge in [-0.1, -0.05) is 6.07 Å². The van der Waals surface area contributed by atoms with Gasteiger partial charge in [-0.25, -0.2) is 0 Å². The van der Waals surface area contributed by atoms with Crippen LogP contribution in [0, 0.1) is 0 Å². The van der Waals surface area contributed by atoms with E-state index >= 15 is 0 Å². The Morgan fingerprint density at radius 1 is 1.26 bits per heavy atom. The van der Waals surface area contributed by atoms with Crippen LogP contribution in [0.2, 0.25) is 0 Å². The molecule has 3 aromatic rings. The lowest BCUT2D eigenvalue weighted by atomic mass is 10.2. The number of amides is 2. The van der Waals surface area contributed by atoms with Crippen molar-refractivity contribution in [1.29, 1.82) is 0 Å². The zero-order chi connectivity index (χ0) is 16.4. The maximum absolute atomic E-state index is 12.3. The number of rotatable bonds is 4. The molecule has 3 N–H and O–H groups in total. The number of carbonyl (C=O) groups is 2. The van der Waals surface area contributed by atoms with E-state index in [9.17, 15) is 9.59 Å². The number of nitrogens with two attached hydrogens (primary N) is 1. The van der Waals surface area contributed by atoms with Crippen LogP contribution in [0.4, 0.5) is 5.69 Å². The van der Waals surface area contributed by atoms with Crippen molar-refractivity contribution in [2.75, 3.05) is 12.4 Å². The molecule has 0 fully saturated rings. The number of hydrogen-bond donors (Lipinski definition) is 2. The second-order valence-electron chi connectivity index (χ2n) is 4.70. The highest BCUT2D eigenvalue weighted by atomic mass is 16.5. The molecular weight excluding hydrogens is 298 g/mol. The van der Waals surface area contributed by atoms with Crippen LogP contribution in [0.1, 0.15) is 21.0 Å². The van der Waals surface area contributed by atoms with Gasteiger partial charge in [0.05, 0.1) is 7.11 Å². The summed E-state index contributed by atoms with van der Waals surface area (Å²) in [7, 11) is 1.52. The number of ether oxygens (including phenoxy) is 1. The molecule has 0 spiro atoms. The molecule has 0 saturated carbocycles. The van der Waals surface area contributed by atoms with Crippen LogP contribution in [0.15, 0.2) is 47.0 Å². The molecule has 2 aromatic heterocycles. The molecule has 0 aliphatic rings. The summed E-state index contributed by atoms with van der Waals surface area (Å²) in [5, 5.41) is 3.18. The topological polar surface area (TPSA) is 107 Å². The number of pyridine rings is 1. The Bertz CT molecular complexity index is 887. The lowest BCUT2D eigenvalue weighted by Gasteiger charge is -2.04. The van der Waals surface area contributed by atoms with E-state index in [1.54, 1.807) is 36.4 Å². The third-order valence-electron chi connectivity index (χ3n) is 3.26. The van der Waals surface area contributed by atoms with E-state index < -0.39 is 11.8 Å². The van der Waals surface area contributed by atoms with Crippen molar-refractivity contribution in [2.45, 2.75) is 0 Å². The number of nitrogens with zero attached hydrogens (tertiary/aromatic N) is 1. The largest absolute Gasteiger partial charge is 0.497 e. The Hall–Kier alpha value is -3.35. The molecule has 2 amide bonds. The molecule has 7 nitrogen and oxygen atoms in total. The minimum Gasteiger partial charge on any atom is -0.497 e. The van der Waals surface area contributed by atoms with Crippen LogP contribution < -0.4 is 15.8 Å². The SMILES string of the molecule is COc1ccc2c(NC(=O)c3ccccn3)c(C(N)=O)oc2c1. The van der Waals surface area contributed by atoms with Gasteiger partial charge in [-0.05, 0) is 24.3 Å². The van der Waals surface area contributed by atoms with Gasteiger partial charge >= 0.3 is 0 Å². The van der Waals surface area contributed by atoms with E-state index in [0.717, 1.165) is 0 Å². The average Bonchev–Trinajstić information content (AvgIpc) is 2.93. The molecule has 0 bridgehead atoms. The Morgan fingerprint density at radius 3 is 2.74 bits per heavy atom. The molecule has 0 atom stereocenters. The Kier molecular flexibility index (Phi) is 3.68. The first-order valence-electron chi connectivity index (χ1n) is 6.73. The van der Waals surface area contributed by atoms with Crippen LogP contribution in [0.25, 0.3) is 11.0 Å². The summed E-state index contributed by atoms with van der Waals surface area (Å²) in [6, 6.07) is 9.93. The van der Waals surface area contributed by atoms with Gasteiger partial charge < -0.3 is 20.2 Å². The Labute approximate surface area is 131 Å². The van der Waals surface area contributed by atoms with Gasteiger partial charge in [0, 0.05) is 17.6 Å². The smallest absolute Gasteiger partial charge is 0.286 e. The third-order valence-corrected chi connectivity index (χ3v) is 3.26. The normalized spacial score (nSPS) is 10.5. The number of benzene rings is 1. The monoisotopic (exact) mass is 311 g/mol. The maximum atomic E-state index is 12.3. The maximum Gasteiger partial charge on any atom is 0.286 e. The van der Waals surface area contributed by atoms with Crippen LogP contribution in [-0.4, -0.2) is 23.9 Å². The van der Waals surface area contributed by atoms with E-state index in [-0.39, 0.29) is 17.1 Å². The molecule has 1 aromatic carbocycles. The van der Waals surface area contributed by atoms with Crippen molar-refractivity contribution >= 4 is 28.5 Å². The summed E-state index contributed by atoms with van der Waals surface area (Å²) in [5.74, 6) is -0.814. The number of fused-ring (bicyclic) bond motifs is 1. The summed E-state index contributed by atoms with van der Waals surface area (Å²) in [6.45, 7) is 0. The number of carbonyl (C=O) groups excluding carboxylic acids is 2. The number of primary amides is 1. The molecule has 0 unspecified atom stereocenters. The highest BCUT2D eigenvalue weighted by Crippen LogP contribution is 2.33. The molecule has 3 rings (SSSR count). The van der Waals surface area contributed by atoms with Gasteiger partial charge in [-0.2, -0.15) is 0 Å². The first-order valence-corrected chi connectivity index (χ1v) is 6.73. The summed E-state index contributed by atoms with van der Waals surface area (Å²) >= 11 is 0. The average molecular weight is 311 g/mol. The molecule has 0 aliphatic heterocycles. The molecule has 0 aliphatic carbocycles. The minimum absolute atomic E-state index is 0.127. The van der Waals surface area contributed by atoms with Crippen LogP contribution in [0.5, 0.6) is 5.75 Å². The van der Waals surface area contributed by atoms with Crippen LogP contribution >= 0.6 is 0 Å². The van der Waals surface area contributed by atoms with Gasteiger partial charge in [0.1, 0.15) is 22.7 Å². The van der Waals surface area contributed by atoms with E-state index in [4.69, 9.17) is 14.9 Å². The molecule has 23 heavy (non-hydrogen) atoms. The van der Waals surface area contributed by atoms with Crippen molar-refractivity contribution in [1.82, 2.24) is 4.98 Å². The fourth-order valence-electron chi connectivity index (χ4n) is 2.18. The second-order valence-corrected chi connectivity index (χ2v) is 4.70. The van der Waals surface area contributed by atoms with Gasteiger partial charge in [0.15, 0.2) is 0 Å². The van der Waals surface area contributed by atoms with Crippen LogP contribution in [0.3, 0.4) is 0 Å². The van der Waals surface area contributed by atoms with E-state index in [1.165, 1.54) is 13.3 Å². The van der Waals surface area contributed by atoms with E-state index in [0.29, 0.717) is 16.7 Å². The Morgan fingerprint density at radius 2 is 2.09 bits per heavy atom. The third kappa shape index (κ3) is 2.71. The first-order chi connectivity index (χ1) is 11.1. The van der Waals surface area contributed by atoms with Gasteiger partial charge in [-0.3, -0.25) is 14.6 Å².